The Labute approximate surface area is 252 Å². The van der Waals surface area contributed by atoms with Gasteiger partial charge in [0.05, 0.1) is 17.7 Å². The van der Waals surface area contributed by atoms with E-state index in [0.717, 1.165) is 9.87 Å². The van der Waals surface area contributed by atoms with Crippen molar-refractivity contribution in [1.82, 2.24) is 10.2 Å². The van der Waals surface area contributed by atoms with E-state index in [4.69, 9.17) is 9.47 Å². The van der Waals surface area contributed by atoms with Crippen molar-refractivity contribution in [1.29, 1.82) is 0 Å². The van der Waals surface area contributed by atoms with Gasteiger partial charge in [-0.1, -0.05) is 55.5 Å². The number of hydrogen-bond donors (Lipinski definition) is 1. The van der Waals surface area contributed by atoms with Crippen molar-refractivity contribution in [2.45, 2.75) is 30.8 Å². The zero-order chi connectivity index (χ0) is 30.8. The number of rotatable bonds is 13. The molecule has 4 aromatic rings. The van der Waals surface area contributed by atoms with Crippen LogP contribution in [0, 0.1) is 0 Å². The molecule has 1 atom stereocenters. The SMILES string of the molecule is CCC(C(=O)NC)N(Cc1cccc(OC)c1)C(=O)CN(c1ccc(Oc2ccccc2)cc1)S(=O)(=O)c1ccccc1. The molecule has 224 valence electrons. The number of nitrogens with one attached hydrogen (secondary N) is 1. The number of methoxy groups -OCH3 is 1. The molecule has 0 aliphatic carbocycles. The molecule has 10 heteroatoms. The summed E-state index contributed by atoms with van der Waals surface area (Å²) in [6.07, 6.45) is 0.326. The smallest absolute Gasteiger partial charge is 0.264 e. The van der Waals surface area contributed by atoms with Gasteiger partial charge in [0.1, 0.15) is 29.8 Å². The summed E-state index contributed by atoms with van der Waals surface area (Å²) in [4.78, 5) is 28.4. The van der Waals surface area contributed by atoms with E-state index in [1.165, 1.54) is 24.1 Å². The van der Waals surface area contributed by atoms with Gasteiger partial charge in [-0.3, -0.25) is 13.9 Å². The molecule has 0 fully saturated rings. The molecule has 0 heterocycles. The van der Waals surface area contributed by atoms with Crippen molar-refractivity contribution >= 4 is 27.5 Å². The standard InChI is InChI=1S/C33H35N3O6S/c1-4-31(33(38)34-2)35(23-25-12-11-15-29(22-25)41-3)32(37)24-36(43(39,40)30-16-9-6-10-17-30)26-18-20-28(21-19-26)42-27-13-7-5-8-14-27/h5-22,31H,4,23-24H2,1-3H3,(H,34,38). The molecule has 9 nitrogen and oxygen atoms in total. The van der Waals surface area contributed by atoms with Crippen LogP contribution in [-0.4, -0.2) is 51.9 Å². The van der Waals surface area contributed by atoms with Crippen molar-refractivity contribution in [2.75, 3.05) is 25.0 Å². The van der Waals surface area contributed by atoms with Crippen molar-refractivity contribution < 1.29 is 27.5 Å². The van der Waals surface area contributed by atoms with Crippen molar-refractivity contribution in [3.05, 3.63) is 115 Å². The highest BCUT2D eigenvalue weighted by molar-refractivity contribution is 7.92. The van der Waals surface area contributed by atoms with Crippen LogP contribution >= 0.6 is 0 Å². The lowest BCUT2D eigenvalue weighted by molar-refractivity contribution is -0.140. The molecular formula is C33H35N3O6S. The Morgan fingerprint density at radius 1 is 0.814 bits per heavy atom. The highest BCUT2D eigenvalue weighted by Gasteiger charge is 2.33. The number of hydrogen-bond acceptors (Lipinski definition) is 6. The second-order valence-corrected chi connectivity index (χ2v) is 11.5. The third kappa shape index (κ3) is 7.72. The molecule has 0 aliphatic heterocycles. The molecule has 4 rings (SSSR count). The number of sulfonamides is 1. The van der Waals surface area contributed by atoms with Gasteiger partial charge in [0.25, 0.3) is 10.0 Å². The zero-order valence-corrected chi connectivity index (χ0v) is 25.2. The normalized spacial score (nSPS) is 11.7. The highest BCUT2D eigenvalue weighted by atomic mass is 32.2. The highest BCUT2D eigenvalue weighted by Crippen LogP contribution is 2.29. The van der Waals surface area contributed by atoms with E-state index in [-0.39, 0.29) is 23.0 Å². The number of para-hydroxylation sites is 1. The lowest BCUT2D eigenvalue weighted by Gasteiger charge is -2.33. The third-order valence-electron chi connectivity index (χ3n) is 6.83. The van der Waals surface area contributed by atoms with Crippen LogP contribution in [0.3, 0.4) is 0 Å². The molecule has 0 saturated carbocycles. The molecule has 1 N–H and O–H groups in total. The molecule has 0 radical (unpaired) electrons. The van der Waals surface area contributed by atoms with Gasteiger partial charge in [-0.15, -0.1) is 0 Å². The summed E-state index contributed by atoms with van der Waals surface area (Å²) in [6.45, 7) is 1.34. The maximum absolute atomic E-state index is 14.1. The molecule has 1 unspecified atom stereocenters. The summed E-state index contributed by atoms with van der Waals surface area (Å²) in [5.41, 5.74) is 1.00. The van der Waals surface area contributed by atoms with E-state index in [1.807, 2.05) is 36.4 Å². The van der Waals surface area contributed by atoms with Crippen LogP contribution < -0.4 is 19.1 Å². The number of carbonyl (C=O) groups is 2. The molecule has 0 bridgehead atoms. The molecule has 2 amide bonds. The molecule has 4 aromatic carbocycles. The summed E-state index contributed by atoms with van der Waals surface area (Å²) in [5, 5.41) is 2.62. The van der Waals surface area contributed by atoms with Gasteiger partial charge < -0.3 is 19.7 Å². The monoisotopic (exact) mass is 601 g/mol. The van der Waals surface area contributed by atoms with Crippen LogP contribution in [0.1, 0.15) is 18.9 Å². The Morgan fingerprint density at radius 3 is 2.02 bits per heavy atom. The van der Waals surface area contributed by atoms with E-state index < -0.39 is 28.5 Å². The van der Waals surface area contributed by atoms with E-state index in [2.05, 4.69) is 5.32 Å². The van der Waals surface area contributed by atoms with Crippen LogP contribution in [0.2, 0.25) is 0 Å². The predicted molar refractivity (Wildman–Crippen MR) is 166 cm³/mol. The molecule has 0 saturated heterocycles. The summed E-state index contributed by atoms with van der Waals surface area (Å²) in [7, 11) is -1.12. The predicted octanol–water partition coefficient (Wildman–Crippen LogP) is 5.24. The van der Waals surface area contributed by atoms with Gasteiger partial charge in [0.15, 0.2) is 0 Å². The number of nitrogens with zero attached hydrogens (tertiary/aromatic N) is 2. The number of anilines is 1. The first-order chi connectivity index (χ1) is 20.8. The first kappa shape index (κ1) is 31.1. The maximum atomic E-state index is 14.1. The molecule has 43 heavy (non-hydrogen) atoms. The molecule has 0 aromatic heterocycles. The maximum Gasteiger partial charge on any atom is 0.264 e. The van der Waals surface area contributed by atoms with Crippen molar-refractivity contribution in [3.8, 4) is 17.2 Å². The van der Waals surface area contributed by atoms with Gasteiger partial charge in [-0.25, -0.2) is 8.42 Å². The lowest BCUT2D eigenvalue weighted by atomic mass is 10.1. The van der Waals surface area contributed by atoms with Crippen LogP contribution in [0.5, 0.6) is 17.2 Å². The minimum Gasteiger partial charge on any atom is -0.497 e. The molecule has 0 spiro atoms. The second kappa shape index (κ2) is 14.4. The Hall–Kier alpha value is -4.83. The summed E-state index contributed by atoms with van der Waals surface area (Å²) < 4.78 is 40.2. The van der Waals surface area contributed by atoms with Crippen LogP contribution in [0.4, 0.5) is 5.69 Å². The van der Waals surface area contributed by atoms with E-state index in [9.17, 15) is 18.0 Å². The van der Waals surface area contributed by atoms with Crippen molar-refractivity contribution in [2.24, 2.45) is 0 Å². The van der Waals surface area contributed by atoms with Gasteiger partial charge in [0.2, 0.25) is 11.8 Å². The largest absolute Gasteiger partial charge is 0.497 e. The Kier molecular flexibility index (Phi) is 10.4. The number of benzene rings is 4. The first-order valence-electron chi connectivity index (χ1n) is 13.8. The third-order valence-corrected chi connectivity index (χ3v) is 8.62. The second-order valence-electron chi connectivity index (χ2n) is 9.65. The lowest BCUT2D eigenvalue weighted by Crippen LogP contribution is -2.51. The van der Waals surface area contributed by atoms with Gasteiger partial charge in [-0.2, -0.15) is 0 Å². The average molecular weight is 602 g/mol. The van der Waals surface area contributed by atoms with Crippen LogP contribution in [-0.2, 0) is 26.2 Å². The average Bonchev–Trinajstić information content (AvgIpc) is 3.04. The first-order valence-corrected chi connectivity index (χ1v) is 15.3. The van der Waals surface area contributed by atoms with Gasteiger partial charge >= 0.3 is 0 Å². The van der Waals surface area contributed by atoms with Crippen LogP contribution in [0.25, 0.3) is 0 Å². The van der Waals surface area contributed by atoms with Gasteiger partial charge in [-0.05, 0) is 72.6 Å². The summed E-state index contributed by atoms with van der Waals surface area (Å²) in [5.74, 6) is 0.848. The number of likely N-dealkylation sites (N-methyl/N-ethyl adjacent to an activating group) is 1. The summed E-state index contributed by atoms with van der Waals surface area (Å²) in [6, 6.07) is 30.0. The summed E-state index contributed by atoms with van der Waals surface area (Å²) >= 11 is 0. The van der Waals surface area contributed by atoms with E-state index >= 15 is 0 Å². The number of carbonyl (C=O) groups excluding carboxylic acids is 2. The minimum absolute atomic E-state index is 0.0325. The number of ether oxygens (including phenoxy) is 2. The fourth-order valence-corrected chi connectivity index (χ4v) is 6.04. The number of amides is 2. The van der Waals surface area contributed by atoms with Crippen LogP contribution in [0.15, 0.2) is 114 Å². The minimum atomic E-state index is -4.17. The fraction of sp³-hybridized carbons (Fsp3) is 0.212. The zero-order valence-electron chi connectivity index (χ0n) is 24.3. The van der Waals surface area contributed by atoms with E-state index in [0.29, 0.717) is 23.7 Å². The Balaban J connectivity index is 1.71. The van der Waals surface area contributed by atoms with Gasteiger partial charge in [0, 0.05) is 13.6 Å². The Morgan fingerprint density at radius 2 is 1.42 bits per heavy atom. The quantitative estimate of drug-likeness (QED) is 0.225. The van der Waals surface area contributed by atoms with Crippen molar-refractivity contribution in [3.63, 3.8) is 0 Å². The molecule has 0 aliphatic rings. The molecular weight excluding hydrogens is 566 g/mol. The van der Waals surface area contributed by atoms with E-state index in [1.54, 1.807) is 74.7 Å². The Bertz CT molecular complexity index is 1610. The topological polar surface area (TPSA) is 105 Å². The fourth-order valence-electron chi connectivity index (χ4n) is 4.61.